The summed E-state index contributed by atoms with van der Waals surface area (Å²) in [6.07, 6.45) is 0.924. The molecule has 1 unspecified atom stereocenters. The van der Waals surface area contributed by atoms with Crippen molar-refractivity contribution in [2.24, 2.45) is 0 Å². The fraction of sp³-hybridized carbons (Fsp3) is 1.00. The monoisotopic (exact) mass is 166 g/mol. The van der Waals surface area contributed by atoms with Crippen molar-refractivity contribution in [1.82, 2.24) is 0 Å². The average Bonchev–Trinajstić information content (AvgIpc) is 1.84. The van der Waals surface area contributed by atoms with Gasteiger partial charge in [-0.2, -0.15) is 0 Å². The summed E-state index contributed by atoms with van der Waals surface area (Å²) in [6.45, 7) is 2.63. The highest BCUT2D eigenvalue weighted by atomic mass is 79.9. The van der Waals surface area contributed by atoms with Gasteiger partial charge in [-0.25, -0.2) is 9.78 Å². The molecule has 0 aromatic rings. The molecule has 0 spiro atoms. The first-order valence-corrected chi connectivity index (χ1v) is 2.99. The minimum Gasteiger partial charge on any atom is -0.235 e. The molecule has 1 aliphatic heterocycles. The second kappa shape index (κ2) is 1.73. The Balaban J connectivity index is 2.40. The Kier molecular flexibility index (Phi) is 1.36. The SMILES string of the molecule is CC1(Br)CCOO1. The maximum atomic E-state index is 4.76. The lowest BCUT2D eigenvalue weighted by Gasteiger charge is -2.07. The lowest BCUT2D eigenvalue weighted by Crippen LogP contribution is -2.10. The van der Waals surface area contributed by atoms with Crippen LogP contribution in [0.15, 0.2) is 0 Å². The summed E-state index contributed by atoms with van der Waals surface area (Å²) in [6, 6.07) is 0. The van der Waals surface area contributed by atoms with Crippen LogP contribution in [-0.2, 0) is 9.78 Å². The van der Waals surface area contributed by atoms with Gasteiger partial charge in [0.15, 0.2) is 4.51 Å². The number of rotatable bonds is 0. The molecule has 2 nitrogen and oxygen atoms in total. The summed E-state index contributed by atoms with van der Waals surface area (Å²) in [5.74, 6) is 0. The maximum Gasteiger partial charge on any atom is 0.157 e. The van der Waals surface area contributed by atoms with Crippen molar-refractivity contribution in [3.05, 3.63) is 0 Å². The Morgan fingerprint density at radius 3 is 2.57 bits per heavy atom. The molecule has 1 atom stereocenters. The zero-order valence-corrected chi connectivity index (χ0v) is 5.69. The molecule has 0 radical (unpaired) electrons. The number of alkyl halides is 1. The highest BCUT2D eigenvalue weighted by Crippen LogP contribution is 2.28. The van der Waals surface area contributed by atoms with Gasteiger partial charge >= 0.3 is 0 Å². The molecule has 1 rings (SSSR count). The summed E-state index contributed by atoms with van der Waals surface area (Å²) in [5.41, 5.74) is 0. The van der Waals surface area contributed by atoms with Crippen LogP contribution >= 0.6 is 15.9 Å². The van der Waals surface area contributed by atoms with Crippen molar-refractivity contribution in [2.75, 3.05) is 6.61 Å². The molecule has 0 N–H and O–H groups in total. The molecule has 0 aliphatic carbocycles. The topological polar surface area (TPSA) is 18.5 Å². The highest BCUT2D eigenvalue weighted by Gasteiger charge is 2.27. The summed E-state index contributed by atoms with van der Waals surface area (Å²) < 4.78 is -0.215. The molecule has 1 saturated heterocycles. The van der Waals surface area contributed by atoms with E-state index in [-0.39, 0.29) is 4.51 Å². The van der Waals surface area contributed by atoms with Crippen molar-refractivity contribution in [3.63, 3.8) is 0 Å². The summed E-state index contributed by atoms with van der Waals surface area (Å²) in [7, 11) is 0. The fourth-order valence-corrected chi connectivity index (χ4v) is 0.685. The Morgan fingerprint density at radius 1 is 1.71 bits per heavy atom. The van der Waals surface area contributed by atoms with Gasteiger partial charge in [0.2, 0.25) is 0 Å². The van der Waals surface area contributed by atoms with Gasteiger partial charge in [0, 0.05) is 6.42 Å². The Morgan fingerprint density at radius 2 is 2.43 bits per heavy atom. The maximum absolute atomic E-state index is 4.76. The zero-order valence-electron chi connectivity index (χ0n) is 4.11. The zero-order chi connectivity index (χ0) is 5.33. The lowest BCUT2D eigenvalue weighted by atomic mass is 10.3. The molecule has 0 aromatic heterocycles. The van der Waals surface area contributed by atoms with Crippen LogP contribution in [0, 0.1) is 0 Å². The molecule has 1 aliphatic rings. The predicted molar refractivity (Wildman–Crippen MR) is 29.0 cm³/mol. The summed E-state index contributed by atoms with van der Waals surface area (Å²) in [5, 5.41) is 0. The number of hydrogen-bond donors (Lipinski definition) is 0. The molecule has 0 saturated carbocycles. The van der Waals surface area contributed by atoms with E-state index in [1.165, 1.54) is 0 Å². The van der Waals surface area contributed by atoms with Gasteiger partial charge in [0.1, 0.15) is 0 Å². The third-order valence-corrected chi connectivity index (χ3v) is 1.39. The van der Waals surface area contributed by atoms with Crippen LogP contribution in [0.5, 0.6) is 0 Å². The first-order chi connectivity index (χ1) is 3.21. The van der Waals surface area contributed by atoms with Crippen molar-refractivity contribution >= 4 is 15.9 Å². The molecule has 0 aromatic carbocycles. The quantitative estimate of drug-likeness (QED) is 0.401. The summed E-state index contributed by atoms with van der Waals surface area (Å²) >= 11 is 3.30. The molecular formula is C4H7BrO2. The van der Waals surface area contributed by atoms with E-state index in [1.54, 1.807) is 0 Å². The molecule has 3 heteroatoms. The van der Waals surface area contributed by atoms with E-state index in [2.05, 4.69) is 20.8 Å². The average molecular weight is 167 g/mol. The number of hydrogen-bond acceptors (Lipinski definition) is 2. The molecule has 42 valence electrons. The van der Waals surface area contributed by atoms with Crippen LogP contribution in [0.2, 0.25) is 0 Å². The fourth-order valence-electron chi connectivity index (χ4n) is 0.430. The van der Waals surface area contributed by atoms with Crippen LogP contribution in [-0.4, -0.2) is 11.1 Å². The smallest absolute Gasteiger partial charge is 0.157 e. The molecule has 0 amide bonds. The molecule has 7 heavy (non-hydrogen) atoms. The van der Waals surface area contributed by atoms with Gasteiger partial charge in [-0.05, 0) is 6.92 Å². The standard InChI is InChI=1S/C4H7BrO2/c1-4(5)2-3-6-7-4/h2-3H2,1H3. The van der Waals surface area contributed by atoms with E-state index in [0.29, 0.717) is 6.61 Å². The first kappa shape index (κ1) is 5.54. The van der Waals surface area contributed by atoms with Crippen molar-refractivity contribution in [3.8, 4) is 0 Å². The second-order valence-corrected chi connectivity index (χ2v) is 3.43. The molecular weight excluding hydrogens is 160 g/mol. The van der Waals surface area contributed by atoms with Crippen LogP contribution < -0.4 is 0 Å². The summed E-state index contributed by atoms with van der Waals surface area (Å²) in [4.78, 5) is 9.37. The molecule has 1 heterocycles. The van der Waals surface area contributed by atoms with Crippen LogP contribution in [0.1, 0.15) is 13.3 Å². The van der Waals surface area contributed by atoms with Gasteiger partial charge in [0.25, 0.3) is 0 Å². The highest BCUT2D eigenvalue weighted by molar-refractivity contribution is 9.10. The minimum absolute atomic E-state index is 0.215. The normalized spacial score (nSPS) is 42.0. The largest absolute Gasteiger partial charge is 0.235 e. The van der Waals surface area contributed by atoms with E-state index in [4.69, 9.17) is 4.89 Å². The van der Waals surface area contributed by atoms with Crippen molar-refractivity contribution < 1.29 is 9.78 Å². The number of halogens is 1. The molecule has 1 fully saturated rings. The predicted octanol–water partition coefficient (Wildman–Crippen LogP) is 1.45. The van der Waals surface area contributed by atoms with Crippen molar-refractivity contribution in [2.45, 2.75) is 17.9 Å². The Labute approximate surface area is 50.9 Å². The third-order valence-electron chi connectivity index (χ3n) is 0.865. The minimum atomic E-state index is -0.215. The second-order valence-electron chi connectivity index (χ2n) is 1.76. The molecule has 0 bridgehead atoms. The lowest BCUT2D eigenvalue weighted by molar-refractivity contribution is -0.278. The van der Waals surface area contributed by atoms with Crippen LogP contribution in [0.4, 0.5) is 0 Å². The van der Waals surface area contributed by atoms with Gasteiger partial charge < -0.3 is 0 Å². The van der Waals surface area contributed by atoms with E-state index >= 15 is 0 Å². The van der Waals surface area contributed by atoms with Gasteiger partial charge in [-0.15, -0.1) is 0 Å². The first-order valence-electron chi connectivity index (χ1n) is 2.20. The Hall–Kier alpha value is 0.400. The van der Waals surface area contributed by atoms with E-state index in [1.807, 2.05) is 6.92 Å². The van der Waals surface area contributed by atoms with Gasteiger partial charge in [-0.1, -0.05) is 15.9 Å². The van der Waals surface area contributed by atoms with Crippen LogP contribution in [0.3, 0.4) is 0 Å². The van der Waals surface area contributed by atoms with E-state index in [9.17, 15) is 0 Å². The van der Waals surface area contributed by atoms with Crippen LogP contribution in [0.25, 0.3) is 0 Å². The van der Waals surface area contributed by atoms with E-state index in [0.717, 1.165) is 6.42 Å². The Bertz CT molecular complexity index is 64.1. The van der Waals surface area contributed by atoms with E-state index < -0.39 is 0 Å². The third kappa shape index (κ3) is 1.40. The van der Waals surface area contributed by atoms with Gasteiger partial charge in [-0.3, -0.25) is 0 Å². The van der Waals surface area contributed by atoms with Gasteiger partial charge in [0.05, 0.1) is 6.61 Å². The van der Waals surface area contributed by atoms with Crippen molar-refractivity contribution in [1.29, 1.82) is 0 Å².